The van der Waals surface area contributed by atoms with Crippen LogP contribution in [0.1, 0.15) is 36.6 Å². The molecule has 0 saturated heterocycles. The molecular formula is C21H30IN3O2. The van der Waals surface area contributed by atoms with Crippen molar-refractivity contribution in [2.75, 3.05) is 19.7 Å². The van der Waals surface area contributed by atoms with Crippen LogP contribution in [0.25, 0.3) is 0 Å². The first-order valence-electron chi connectivity index (χ1n) is 9.11. The van der Waals surface area contributed by atoms with Gasteiger partial charge in [-0.15, -0.1) is 24.0 Å². The molecule has 6 heteroatoms. The molecule has 1 unspecified atom stereocenters. The lowest BCUT2D eigenvalue weighted by Crippen LogP contribution is -2.39. The molecule has 2 rings (SSSR count). The molecule has 3 N–H and O–H groups in total. The molecule has 2 aromatic rings. The second-order valence-corrected chi connectivity index (χ2v) is 6.04. The number of aliphatic hydroxyl groups is 1. The molecule has 0 amide bonds. The van der Waals surface area contributed by atoms with Crippen LogP contribution in [-0.2, 0) is 6.54 Å². The van der Waals surface area contributed by atoms with Gasteiger partial charge in [0.1, 0.15) is 5.75 Å². The van der Waals surface area contributed by atoms with Crippen molar-refractivity contribution in [2.24, 2.45) is 4.99 Å². The highest BCUT2D eigenvalue weighted by molar-refractivity contribution is 14.0. The predicted octanol–water partition coefficient (Wildman–Crippen LogP) is 3.80. The molecule has 148 valence electrons. The Bertz CT molecular complexity index is 705. The first-order chi connectivity index (χ1) is 12.6. The summed E-state index contributed by atoms with van der Waals surface area (Å²) < 4.78 is 5.64. The van der Waals surface area contributed by atoms with Crippen molar-refractivity contribution in [3.05, 3.63) is 65.2 Å². The fourth-order valence-electron chi connectivity index (χ4n) is 2.54. The first kappa shape index (κ1) is 23.2. The van der Waals surface area contributed by atoms with Gasteiger partial charge in [0.15, 0.2) is 5.96 Å². The largest absolute Gasteiger partial charge is 0.494 e. The normalized spacial score (nSPS) is 12.1. The van der Waals surface area contributed by atoms with Crippen LogP contribution in [0.3, 0.4) is 0 Å². The fraction of sp³-hybridized carbons (Fsp3) is 0.381. The summed E-state index contributed by atoms with van der Waals surface area (Å²) in [6.07, 6.45) is -0.588. The van der Waals surface area contributed by atoms with Crippen LogP contribution < -0.4 is 15.4 Å². The van der Waals surface area contributed by atoms with Gasteiger partial charge >= 0.3 is 0 Å². The number of nitrogens with one attached hydrogen (secondary N) is 2. The Morgan fingerprint density at radius 2 is 1.78 bits per heavy atom. The Morgan fingerprint density at radius 1 is 1.07 bits per heavy atom. The summed E-state index contributed by atoms with van der Waals surface area (Å²) in [6, 6.07) is 15.8. The number of hydrogen-bond acceptors (Lipinski definition) is 3. The van der Waals surface area contributed by atoms with E-state index in [0.717, 1.165) is 23.4 Å². The van der Waals surface area contributed by atoms with Crippen LogP contribution >= 0.6 is 24.0 Å². The minimum absolute atomic E-state index is 0. The fourth-order valence-corrected chi connectivity index (χ4v) is 2.54. The van der Waals surface area contributed by atoms with Crippen molar-refractivity contribution >= 4 is 29.9 Å². The van der Waals surface area contributed by atoms with Crippen molar-refractivity contribution in [3.63, 3.8) is 0 Å². The molecule has 0 aliphatic heterocycles. The third-order valence-corrected chi connectivity index (χ3v) is 3.95. The third-order valence-electron chi connectivity index (χ3n) is 3.95. The summed E-state index contributed by atoms with van der Waals surface area (Å²) in [7, 11) is 0. The van der Waals surface area contributed by atoms with Gasteiger partial charge in [-0.2, -0.15) is 0 Å². The lowest BCUT2D eigenvalue weighted by Gasteiger charge is -2.16. The van der Waals surface area contributed by atoms with E-state index >= 15 is 0 Å². The Morgan fingerprint density at radius 3 is 2.44 bits per heavy atom. The van der Waals surface area contributed by atoms with E-state index in [1.54, 1.807) is 0 Å². The number of para-hydroxylation sites is 1. The molecule has 0 heterocycles. The number of nitrogens with zero attached hydrogens (tertiary/aromatic N) is 1. The maximum Gasteiger partial charge on any atom is 0.191 e. The smallest absolute Gasteiger partial charge is 0.191 e. The molecule has 0 radical (unpaired) electrons. The van der Waals surface area contributed by atoms with Gasteiger partial charge in [0.25, 0.3) is 0 Å². The van der Waals surface area contributed by atoms with Gasteiger partial charge in [0.05, 0.1) is 19.3 Å². The van der Waals surface area contributed by atoms with Gasteiger partial charge in [0.2, 0.25) is 0 Å². The average molecular weight is 483 g/mol. The van der Waals surface area contributed by atoms with Crippen LogP contribution in [0.5, 0.6) is 5.75 Å². The molecule has 2 aromatic carbocycles. The molecule has 27 heavy (non-hydrogen) atoms. The first-order valence-corrected chi connectivity index (χ1v) is 9.11. The molecule has 0 bridgehead atoms. The predicted molar refractivity (Wildman–Crippen MR) is 122 cm³/mol. The maximum absolute atomic E-state index is 10.4. The van der Waals surface area contributed by atoms with E-state index in [1.807, 2.05) is 69.3 Å². The van der Waals surface area contributed by atoms with Crippen molar-refractivity contribution in [1.82, 2.24) is 10.6 Å². The summed E-state index contributed by atoms with van der Waals surface area (Å²) in [5.41, 5.74) is 3.10. The number of aliphatic hydroxyl groups excluding tert-OH is 1. The summed E-state index contributed by atoms with van der Waals surface area (Å²) in [4.78, 5) is 4.61. The van der Waals surface area contributed by atoms with E-state index in [0.29, 0.717) is 25.7 Å². The maximum atomic E-state index is 10.4. The second kappa shape index (κ2) is 12.6. The van der Waals surface area contributed by atoms with E-state index in [2.05, 4.69) is 15.6 Å². The number of hydrogen-bond donors (Lipinski definition) is 3. The van der Waals surface area contributed by atoms with Gasteiger partial charge in [-0.25, -0.2) is 4.99 Å². The highest BCUT2D eigenvalue weighted by Gasteiger charge is 2.09. The molecule has 5 nitrogen and oxygen atoms in total. The Hall–Kier alpha value is -1.80. The second-order valence-electron chi connectivity index (χ2n) is 6.04. The Kier molecular flexibility index (Phi) is 10.8. The SMILES string of the molecule is CCNC(=NCc1ccccc1OCC)NCC(O)c1ccc(C)cc1.I. The average Bonchev–Trinajstić information content (AvgIpc) is 2.65. The topological polar surface area (TPSA) is 65.9 Å². The van der Waals surface area contributed by atoms with Gasteiger partial charge in [-0.3, -0.25) is 0 Å². The van der Waals surface area contributed by atoms with Gasteiger partial charge in [-0.1, -0.05) is 48.0 Å². The van der Waals surface area contributed by atoms with Gasteiger partial charge in [0, 0.05) is 18.7 Å². The molecule has 0 aliphatic rings. The molecule has 0 spiro atoms. The highest BCUT2D eigenvalue weighted by atomic mass is 127. The molecule has 1 atom stereocenters. The van der Waals surface area contributed by atoms with Crippen molar-refractivity contribution in [3.8, 4) is 5.75 Å². The number of halogens is 1. The van der Waals surface area contributed by atoms with E-state index in [-0.39, 0.29) is 24.0 Å². The minimum Gasteiger partial charge on any atom is -0.494 e. The number of aryl methyl sites for hydroxylation is 1. The van der Waals surface area contributed by atoms with E-state index in [1.165, 1.54) is 5.56 Å². The van der Waals surface area contributed by atoms with Crippen LogP contribution in [0.2, 0.25) is 0 Å². The molecular weight excluding hydrogens is 453 g/mol. The number of benzene rings is 2. The molecule has 0 fully saturated rings. The van der Waals surface area contributed by atoms with Gasteiger partial charge < -0.3 is 20.5 Å². The highest BCUT2D eigenvalue weighted by Crippen LogP contribution is 2.18. The summed E-state index contributed by atoms with van der Waals surface area (Å²) in [6.45, 7) is 8.29. The summed E-state index contributed by atoms with van der Waals surface area (Å²) in [5, 5.41) is 16.8. The van der Waals surface area contributed by atoms with E-state index in [9.17, 15) is 5.11 Å². The monoisotopic (exact) mass is 483 g/mol. The number of aliphatic imine (C=N–C) groups is 1. The minimum atomic E-state index is -0.588. The van der Waals surface area contributed by atoms with Gasteiger partial charge in [-0.05, 0) is 32.4 Å². The van der Waals surface area contributed by atoms with E-state index < -0.39 is 6.10 Å². The standard InChI is InChI=1S/C21H29N3O2.HI/c1-4-22-21(23-14-18-8-6-7-9-20(18)26-5-2)24-15-19(25)17-12-10-16(3)11-13-17;/h6-13,19,25H,4-5,14-15H2,1-3H3,(H2,22,23,24);1H. The summed E-state index contributed by atoms with van der Waals surface area (Å²) in [5.74, 6) is 1.53. The van der Waals surface area contributed by atoms with Crippen molar-refractivity contribution in [2.45, 2.75) is 33.4 Å². The number of rotatable bonds is 8. The lowest BCUT2D eigenvalue weighted by molar-refractivity contribution is 0.181. The van der Waals surface area contributed by atoms with Crippen molar-refractivity contribution in [1.29, 1.82) is 0 Å². The van der Waals surface area contributed by atoms with Crippen LogP contribution in [0.15, 0.2) is 53.5 Å². The number of ether oxygens (including phenoxy) is 1. The van der Waals surface area contributed by atoms with Crippen LogP contribution in [0, 0.1) is 6.92 Å². The molecule has 0 saturated carbocycles. The van der Waals surface area contributed by atoms with Crippen molar-refractivity contribution < 1.29 is 9.84 Å². The van der Waals surface area contributed by atoms with Crippen LogP contribution in [0.4, 0.5) is 0 Å². The zero-order valence-corrected chi connectivity index (χ0v) is 18.6. The lowest BCUT2D eigenvalue weighted by atomic mass is 10.1. The molecule has 0 aromatic heterocycles. The van der Waals surface area contributed by atoms with E-state index in [4.69, 9.17) is 4.74 Å². The zero-order valence-electron chi connectivity index (χ0n) is 16.2. The molecule has 0 aliphatic carbocycles. The summed E-state index contributed by atoms with van der Waals surface area (Å²) >= 11 is 0. The third kappa shape index (κ3) is 7.76. The Labute approximate surface area is 179 Å². The number of guanidine groups is 1. The Balaban J connectivity index is 0.00000364. The van der Waals surface area contributed by atoms with Crippen LogP contribution in [-0.4, -0.2) is 30.8 Å². The quantitative estimate of drug-likeness (QED) is 0.304. The zero-order chi connectivity index (χ0) is 18.8.